The lowest BCUT2D eigenvalue weighted by atomic mass is 10.1. The summed E-state index contributed by atoms with van der Waals surface area (Å²) in [6.07, 6.45) is 0.104. The van der Waals surface area contributed by atoms with E-state index in [-0.39, 0.29) is 24.8 Å². The van der Waals surface area contributed by atoms with Gasteiger partial charge in [0.2, 0.25) is 0 Å². The van der Waals surface area contributed by atoms with E-state index in [1.807, 2.05) is 0 Å². The second kappa shape index (κ2) is 6.97. The van der Waals surface area contributed by atoms with Crippen molar-refractivity contribution in [2.45, 2.75) is 12.5 Å². The first-order chi connectivity index (χ1) is 7.02. The maximum atomic E-state index is 11.0. The Kier molecular flexibility index (Phi) is 6.76. The lowest BCUT2D eigenvalue weighted by Crippen LogP contribution is -2.16. The molecule has 1 rings (SSSR count). The molecule has 0 radical (unpaired) electrons. The number of carbonyl (C=O) groups excluding carboxylic acids is 1. The van der Waals surface area contributed by atoms with Crippen molar-refractivity contribution in [3.8, 4) is 0 Å². The van der Waals surface area contributed by atoms with E-state index in [9.17, 15) is 4.79 Å². The number of ether oxygens (including phenoxy) is 1. The second-order valence-corrected chi connectivity index (χ2v) is 3.96. The number of esters is 1. The lowest BCUT2D eigenvalue weighted by Gasteiger charge is -2.11. The van der Waals surface area contributed by atoms with Crippen LogP contribution in [0.25, 0.3) is 0 Å². The van der Waals surface area contributed by atoms with Gasteiger partial charge in [0.1, 0.15) is 0 Å². The molecular weight excluding hydrogens is 272 g/mol. The molecule has 0 spiro atoms. The second-order valence-electron chi connectivity index (χ2n) is 3.09. The van der Waals surface area contributed by atoms with Gasteiger partial charge < -0.3 is 10.5 Å². The van der Waals surface area contributed by atoms with Crippen LogP contribution in [0.5, 0.6) is 0 Å². The predicted octanol–water partition coefficient (Wildman–Crippen LogP) is 2.98. The Morgan fingerprint density at radius 1 is 1.38 bits per heavy atom. The molecule has 16 heavy (non-hydrogen) atoms. The van der Waals surface area contributed by atoms with Crippen LogP contribution >= 0.6 is 35.6 Å². The summed E-state index contributed by atoms with van der Waals surface area (Å²) >= 11 is 11.6. The number of carbonyl (C=O) groups is 1. The van der Waals surface area contributed by atoms with E-state index in [1.54, 1.807) is 18.2 Å². The Hall–Kier alpha value is -0.480. The molecule has 0 aliphatic rings. The highest BCUT2D eigenvalue weighted by Crippen LogP contribution is 2.24. The highest BCUT2D eigenvalue weighted by molar-refractivity contribution is 6.34. The van der Waals surface area contributed by atoms with Gasteiger partial charge in [-0.25, -0.2) is 0 Å². The quantitative estimate of drug-likeness (QED) is 0.868. The Bertz CT molecular complexity index is 351. The smallest absolute Gasteiger partial charge is 0.307 e. The van der Waals surface area contributed by atoms with Gasteiger partial charge in [-0.1, -0.05) is 23.2 Å². The topological polar surface area (TPSA) is 52.3 Å². The van der Waals surface area contributed by atoms with E-state index in [4.69, 9.17) is 28.9 Å². The largest absolute Gasteiger partial charge is 0.469 e. The van der Waals surface area contributed by atoms with Crippen molar-refractivity contribution in [2.24, 2.45) is 5.73 Å². The van der Waals surface area contributed by atoms with E-state index in [2.05, 4.69) is 4.74 Å². The van der Waals surface area contributed by atoms with Crippen molar-refractivity contribution >= 4 is 41.6 Å². The number of nitrogens with two attached hydrogens (primary N) is 1. The summed E-state index contributed by atoms with van der Waals surface area (Å²) in [5, 5.41) is 0.996. The van der Waals surface area contributed by atoms with Gasteiger partial charge >= 0.3 is 5.97 Å². The van der Waals surface area contributed by atoms with E-state index >= 15 is 0 Å². The molecule has 0 heterocycles. The van der Waals surface area contributed by atoms with Crippen molar-refractivity contribution in [2.75, 3.05) is 7.11 Å². The van der Waals surface area contributed by atoms with Crippen molar-refractivity contribution in [3.63, 3.8) is 0 Å². The Balaban J connectivity index is 0.00000225. The molecule has 0 aliphatic carbocycles. The third-order valence-corrected chi connectivity index (χ3v) is 2.36. The van der Waals surface area contributed by atoms with Gasteiger partial charge in [0.05, 0.1) is 13.5 Å². The zero-order chi connectivity index (χ0) is 11.4. The zero-order valence-electron chi connectivity index (χ0n) is 8.57. The monoisotopic (exact) mass is 283 g/mol. The van der Waals surface area contributed by atoms with E-state index < -0.39 is 6.04 Å². The fourth-order valence-corrected chi connectivity index (χ4v) is 1.71. The van der Waals surface area contributed by atoms with E-state index in [0.717, 1.165) is 5.56 Å². The minimum Gasteiger partial charge on any atom is -0.469 e. The molecule has 0 aromatic heterocycles. The highest BCUT2D eigenvalue weighted by Gasteiger charge is 2.12. The standard InChI is InChI=1S/C10H11Cl2NO2.ClH/c1-15-10(14)5-9(13)6-2-7(11)4-8(12)3-6;/h2-4,9H,5,13H2,1H3;1H/t9-;/m0./s1. The average Bonchev–Trinajstić information content (AvgIpc) is 2.16. The summed E-state index contributed by atoms with van der Waals surface area (Å²) in [6.45, 7) is 0. The SMILES string of the molecule is COC(=O)C[C@H](N)c1cc(Cl)cc(Cl)c1.Cl. The summed E-state index contributed by atoms with van der Waals surface area (Å²) in [5.74, 6) is -0.362. The van der Waals surface area contributed by atoms with Crippen LogP contribution in [0.3, 0.4) is 0 Å². The number of hydrogen-bond acceptors (Lipinski definition) is 3. The third kappa shape index (κ3) is 4.58. The van der Waals surface area contributed by atoms with Gasteiger partial charge in [0, 0.05) is 16.1 Å². The van der Waals surface area contributed by atoms with Crippen molar-refractivity contribution < 1.29 is 9.53 Å². The first-order valence-electron chi connectivity index (χ1n) is 4.31. The van der Waals surface area contributed by atoms with Gasteiger partial charge in [-0.2, -0.15) is 0 Å². The van der Waals surface area contributed by atoms with Gasteiger partial charge in [-0.3, -0.25) is 4.79 Å². The van der Waals surface area contributed by atoms with Gasteiger partial charge in [-0.15, -0.1) is 12.4 Å². The van der Waals surface area contributed by atoms with E-state index in [0.29, 0.717) is 10.0 Å². The summed E-state index contributed by atoms with van der Waals surface area (Å²) < 4.78 is 4.52. The Morgan fingerprint density at radius 3 is 2.31 bits per heavy atom. The third-order valence-electron chi connectivity index (χ3n) is 1.93. The predicted molar refractivity (Wildman–Crippen MR) is 67.3 cm³/mol. The molecule has 0 aliphatic heterocycles. The summed E-state index contributed by atoms with van der Waals surface area (Å²) in [5.41, 5.74) is 6.51. The van der Waals surface area contributed by atoms with Crippen LogP contribution in [0, 0.1) is 0 Å². The molecule has 90 valence electrons. The molecule has 6 heteroatoms. The van der Waals surface area contributed by atoms with Crippen LogP contribution in [0.1, 0.15) is 18.0 Å². The minimum atomic E-state index is -0.450. The first kappa shape index (κ1) is 15.5. The molecule has 3 nitrogen and oxygen atoms in total. The van der Waals surface area contributed by atoms with Crippen LogP contribution in [0.2, 0.25) is 10.0 Å². The number of benzene rings is 1. The molecule has 0 unspecified atom stereocenters. The molecular formula is C10H12Cl3NO2. The zero-order valence-corrected chi connectivity index (χ0v) is 10.9. The van der Waals surface area contributed by atoms with Crippen LogP contribution in [-0.4, -0.2) is 13.1 Å². The number of rotatable bonds is 3. The molecule has 1 atom stereocenters. The summed E-state index contributed by atoms with van der Waals surface area (Å²) in [6, 6.07) is 4.52. The Labute approximate surface area is 110 Å². The summed E-state index contributed by atoms with van der Waals surface area (Å²) in [4.78, 5) is 11.0. The molecule has 1 aromatic carbocycles. The van der Waals surface area contributed by atoms with Crippen molar-refractivity contribution in [1.29, 1.82) is 0 Å². The van der Waals surface area contributed by atoms with Gasteiger partial charge in [0.25, 0.3) is 0 Å². The molecule has 0 saturated heterocycles. The maximum Gasteiger partial charge on any atom is 0.307 e. The molecule has 0 saturated carbocycles. The van der Waals surface area contributed by atoms with Crippen LogP contribution in [-0.2, 0) is 9.53 Å². The maximum absolute atomic E-state index is 11.0. The number of methoxy groups -OCH3 is 1. The first-order valence-corrected chi connectivity index (χ1v) is 5.07. The van der Waals surface area contributed by atoms with Gasteiger partial charge in [-0.05, 0) is 23.8 Å². The molecule has 0 amide bonds. The fourth-order valence-electron chi connectivity index (χ4n) is 1.17. The molecule has 0 fully saturated rings. The van der Waals surface area contributed by atoms with Crippen LogP contribution < -0.4 is 5.73 Å². The van der Waals surface area contributed by atoms with Crippen LogP contribution in [0.4, 0.5) is 0 Å². The molecule has 0 bridgehead atoms. The Morgan fingerprint density at radius 2 is 1.88 bits per heavy atom. The van der Waals surface area contributed by atoms with Crippen molar-refractivity contribution in [3.05, 3.63) is 33.8 Å². The fraction of sp³-hybridized carbons (Fsp3) is 0.300. The average molecular weight is 285 g/mol. The number of halogens is 3. The number of hydrogen-bond donors (Lipinski definition) is 1. The molecule has 2 N–H and O–H groups in total. The summed E-state index contributed by atoms with van der Waals surface area (Å²) in [7, 11) is 1.32. The highest BCUT2D eigenvalue weighted by atomic mass is 35.5. The molecule has 1 aromatic rings. The normalized spacial score (nSPS) is 11.5. The minimum absolute atomic E-state index is 0. The van der Waals surface area contributed by atoms with Crippen LogP contribution in [0.15, 0.2) is 18.2 Å². The van der Waals surface area contributed by atoms with Crippen molar-refractivity contribution in [1.82, 2.24) is 0 Å². The lowest BCUT2D eigenvalue weighted by molar-refractivity contribution is -0.141. The van der Waals surface area contributed by atoms with Gasteiger partial charge in [0.15, 0.2) is 0 Å². The van der Waals surface area contributed by atoms with E-state index in [1.165, 1.54) is 7.11 Å².